The fourth-order valence-corrected chi connectivity index (χ4v) is 1.66. The summed E-state index contributed by atoms with van der Waals surface area (Å²) in [5.41, 5.74) is 1.79. The molecule has 4 heteroatoms. The Balaban J connectivity index is 2.40. The lowest BCUT2D eigenvalue weighted by Crippen LogP contribution is -2.19. The molecular weight excluding hydrogens is 204 g/mol. The molecule has 0 aliphatic carbocycles. The molecule has 0 atom stereocenters. The van der Waals surface area contributed by atoms with Gasteiger partial charge in [-0.1, -0.05) is 35.5 Å². The van der Waals surface area contributed by atoms with Crippen LogP contribution in [0, 0.1) is 0 Å². The summed E-state index contributed by atoms with van der Waals surface area (Å²) < 4.78 is 0. The molecule has 2 rings (SSSR count). The molecule has 1 aromatic carbocycles. The Labute approximate surface area is 93.5 Å². The van der Waals surface area contributed by atoms with Crippen molar-refractivity contribution in [2.75, 3.05) is 13.6 Å². The molecule has 1 aliphatic rings. The van der Waals surface area contributed by atoms with Crippen LogP contribution in [-0.4, -0.2) is 35.3 Å². The van der Waals surface area contributed by atoms with Crippen molar-refractivity contribution in [3.05, 3.63) is 41.5 Å². The summed E-state index contributed by atoms with van der Waals surface area (Å²) in [6, 6.07) is 9.49. The molecule has 1 saturated heterocycles. The predicted octanol–water partition coefficient (Wildman–Crippen LogP) is 1.37. The van der Waals surface area contributed by atoms with Gasteiger partial charge < -0.3 is 10.1 Å². The van der Waals surface area contributed by atoms with Crippen molar-refractivity contribution in [1.82, 2.24) is 4.90 Å². The van der Waals surface area contributed by atoms with Crippen LogP contribution in [0.3, 0.4) is 0 Å². The minimum absolute atomic E-state index is 0.114. The van der Waals surface area contributed by atoms with Crippen molar-refractivity contribution in [3.8, 4) is 0 Å². The number of rotatable bonds is 1. The van der Waals surface area contributed by atoms with Crippen molar-refractivity contribution in [2.45, 2.75) is 0 Å². The minimum atomic E-state index is -0.114. The predicted molar refractivity (Wildman–Crippen MR) is 61.3 cm³/mol. The largest absolute Gasteiger partial charge is 0.411 e. The molecule has 1 amide bonds. The molecule has 1 aliphatic heterocycles. The summed E-state index contributed by atoms with van der Waals surface area (Å²) >= 11 is 0. The van der Waals surface area contributed by atoms with Crippen molar-refractivity contribution in [1.29, 1.82) is 0 Å². The number of likely N-dealkylation sites (N-methyl/N-ethyl adjacent to an activating group) is 1. The Hall–Kier alpha value is -2.10. The Morgan fingerprint density at radius 2 is 2.06 bits per heavy atom. The fraction of sp³-hybridized carbons (Fsp3) is 0.167. The SMILES string of the molecule is CN1CC(=NO)C(=Cc2ccccc2)C1=O. The van der Waals surface area contributed by atoms with Crippen molar-refractivity contribution in [2.24, 2.45) is 5.16 Å². The highest BCUT2D eigenvalue weighted by Gasteiger charge is 2.29. The highest BCUT2D eigenvalue weighted by atomic mass is 16.4. The van der Waals surface area contributed by atoms with Crippen LogP contribution in [0.15, 0.2) is 41.1 Å². The van der Waals surface area contributed by atoms with E-state index in [2.05, 4.69) is 5.16 Å². The number of nitrogens with zero attached hydrogens (tertiary/aromatic N) is 2. The highest BCUT2D eigenvalue weighted by Crippen LogP contribution is 2.16. The molecule has 0 unspecified atom stereocenters. The maximum atomic E-state index is 11.7. The van der Waals surface area contributed by atoms with Crippen LogP contribution in [0.1, 0.15) is 5.56 Å². The van der Waals surface area contributed by atoms with Gasteiger partial charge in [0.25, 0.3) is 5.91 Å². The second-order valence-corrected chi connectivity index (χ2v) is 3.68. The Kier molecular flexibility index (Phi) is 2.72. The molecule has 82 valence electrons. The van der Waals surface area contributed by atoms with E-state index in [1.54, 1.807) is 13.1 Å². The molecular formula is C12H12N2O2. The number of carbonyl (C=O) groups is 1. The van der Waals surface area contributed by atoms with Crippen molar-refractivity contribution >= 4 is 17.7 Å². The summed E-state index contributed by atoms with van der Waals surface area (Å²) in [6.45, 7) is 0.355. The smallest absolute Gasteiger partial charge is 0.256 e. The van der Waals surface area contributed by atoms with Gasteiger partial charge in [-0.3, -0.25) is 4.79 Å². The Morgan fingerprint density at radius 3 is 2.69 bits per heavy atom. The van der Waals surface area contributed by atoms with Gasteiger partial charge in [-0.05, 0) is 11.6 Å². The van der Waals surface area contributed by atoms with Gasteiger partial charge in [-0.15, -0.1) is 0 Å². The second kappa shape index (κ2) is 4.18. The molecule has 4 nitrogen and oxygen atoms in total. The first-order valence-corrected chi connectivity index (χ1v) is 4.96. The van der Waals surface area contributed by atoms with Crippen LogP contribution in [0.4, 0.5) is 0 Å². The molecule has 16 heavy (non-hydrogen) atoms. The molecule has 0 spiro atoms. The first-order valence-electron chi connectivity index (χ1n) is 4.96. The zero-order valence-corrected chi connectivity index (χ0v) is 8.92. The van der Waals surface area contributed by atoms with Gasteiger partial charge in [0.15, 0.2) is 0 Å². The third kappa shape index (κ3) is 1.82. The van der Waals surface area contributed by atoms with E-state index in [-0.39, 0.29) is 5.91 Å². The van der Waals surface area contributed by atoms with Crippen LogP contribution in [-0.2, 0) is 4.79 Å². The average Bonchev–Trinajstić information content (AvgIpc) is 2.58. The van der Waals surface area contributed by atoms with E-state index in [1.165, 1.54) is 4.90 Å². The van der Waals surface area contributed by atoms with Gasteiger partial charge in [0, 0.05) is 7.05 Å². The molecule has 0 bridgehead atoms. The maximum Gasteiger partial charge on any atom is 0.256 e. The third-order valence-corrected chi connectivity index (χ3v) is 2.51. The third-order valence-electron chi connectivity index (χ3n) is 2.51. The number of carbonyl (C=O) groups excluding carboxylic acids is 1. The van der Waals surface area contributed by atoms with E-state index >= 15 is 0 Å². The fourth-order valence-electron chi connectivity index (χ4n) is 1.66. The quantitative estimate of drug-likeness (QED) is 0.438. The monoisotopic (exact) mass is 216 g/mol. The summed E-state index contributed by atoms with van der Waals surface area (Å²) in [6.07, 6.45) is 1.74. The standard InChI is InChI=1S/C12H12N2O2/c1-14-8-11(13-16)10(12(14)15)7-9-5-3-2-4-6-9/h2-7,16H,8H2,1H3. The van der Waals surface area contributed by atoms with E-state index in [1.807, 2.05) is 30.3 Å². The van der Waals surface area contributed by atoms with E-state index in [0.717, 1.165) is 5.56 Å². The van der Waals surface area contributed by atoms with Gasteiger partial charge in [0.05, 0.1) is 12.1 Å². The average molecular weight is 216 g/mol. The zero-order valence-electron chi connectivity index (χ0n) is 8.92. The molecule has 0 aromatic heterocycles. The highest BCUT2D eigenvalue weighted by molar-refractivity contribution is 6.29. The number of benzene rings is 1. The van der Waals surface area contributed by atoms with Crippen LogP contribution < -0.4 is 0 Å². The molecule has 0 saturated carbocycles. The van der Waals surface area contributed by atoms with Gasteiger partial charge in [0.2, 0.25) is 0 Å². The van der Waals surface area contributed by atoms with E-state index in [4.69, 9.17) is 5.21 Å². The lowest BCUT2D eigenvalue weighted by atomic mass is 10.1. The lowest BCUT2D eigenvalue weighted by Gasteiger charge is -2.03. The number of amides is 1. The number of oxime groups is 1. The topological polar surface area (TPSA) is 52.9 Å². The number of likely N-dealkylation sites (tertiary alicyclic amines) is 1. The van der Waals surface area contributed by atoms with E-state index in [0.29, 0.717) is 17.8 Å². The minimum Gasteiger partial charge on any atom is -0.411 e. The van der Waals surface area contributed by atoms with Crippen LogP contribution in [0.2, 0.25) is 0 Å². The first-order chi connectivity index (χ1) is 7.72. The second-order valence-electron chi connectivity index (χ2n) is 3.68. The summed E-state index contributed by atoms with van der Waals surface area (Å²) in [7, 11) is 1.68. The summed E-state index contributed by atoms with van der Waals surface area (Å²) in [4.78, 5) is 13.3. The number of hydrogen-bond acceptors (Lipinski definition) is 3. The van der Waals surface area contributed by atoms with Crippen molar-refractivity contribution < 1.29 is 10.0 Å². The molecule has 1 aromatic rings. The van der Waals surface area contributed by atoms with Gasteiger partial charge in [0.1, 0.15) is 5.71 Å². The molecule has 1 fully saturated rings. The lowest BCUT2D eigenvalue weighted by molar-refractivity contribution is -0.123. The molecule has 1 heterocycles. The summed E-state index contributed by atoms with van der Waals surface area (Å²) in [5, 5.41) is 12.0. The molecule has 1 N–H and O–H groups in total. The van der Waals surface area contributed by atoms with Crippen LogP contribution in [0.25, 0.3) is 6.08 Å². The zero-order chi connectivity index (χ0) is 11.5. The molecule has 0 radical (unpaired) electrons. The normalized spacial score (nSPS) is 21.1. The Morgan fingerprint density at radius 1 is 1.38 bits per heavy atom. The van der Waals surface area contributed by atoms with Gasteiger partial charge in [-0.2, -0.15) is 0 Å². The van der Waals surface area contributed by atoms with E-state index in [9.17, 15) is 4.79 Å². The van der Waals surface area contributed by atoms with E-state index < -0.39 is 0 Å². The van der Waals surface area contributed by atoms with Gasteiger partial charge >= 0.3 is 0 Å². The number of hydrogen-bond donors (Lipinski definition) is 1. The summed E-state index contributed by atoms with van der Waals surface area (Å²) in [5.74, 6) is -0.114. The van der Waals surface area contributed by atoms with Crippen molar-refractivity contribution in [3.63, 3.8) is 0 Å². The Bertz CT molecular complexity index is 463. The first kappa shape index (κ1) is 10.4. The van der Waals surface area contributed by atoms with Gasteiger partial charge in [-0.25, -0.2) is 0 Å². The van der Waals surface area contributed by atoms with Crippen LogP contribution in [0.5, 0.6) is 0 Å². The maximum absolute atomic E-state index is 11.7. The van der Waals surface area contributed by atoms with Crippen LogP contribution >= 0.6 is 0 Å².